The maximum Gasteiger partial charge on any atom is 0.306 e. The fourth-order valence-corrected chi connectivity index (χ4v) is 9.02. The molecule has 0 saturated heterocycles. The molecule has 0 amide bonds. The van der Waals surface area contributed by atoms with Crippen LogP contribution in [0.1, 0.15) is 335 Å². The second-order valence-corrected chi connectivity index (χ2v) is 20.3. The van der Waals surface area contributed by atoms with Gasteiger partial charge in [-0.05, 0) is 38.5 Å². The van der Waals surface area contributed by atoms with Crippen LogP contribution in [0, 0.1) is 0 Å². The van der Waals surface area contributed by atoms with Gasteiger partial charge in [0.1, 0.15) is 13.2 Å². The van der Waals surface area contributed by atoms with E-state index in [1.54, 1.807) is 0 Å². The minimum absolute atomic E-state index is 0.0665. The predicted octanol–water partition coefficient (Wildman–Crippen LogP) is 19.7. The van der Waals surface area contributed by atoms with E-state index in [4.69, 9.17) is 14.2 Å². The van der Waals surface area contributed by atoms with Crippen LogP contribution in [0.3, 0.4) is 0 Å². The van der Waals surface area contributed by atoms with Crippen LogP contribution in [0.5, 0.6) is 0 Å². The minimum atomic E-state index is -0.767. The molecule has 390 valence electrons. The quantitative estimate of drug-likeness (QED) is 0.0262. The van der Waals surface area contributed by atoms with Gasteiger partial charge < -0.3 is 14.2 Å². The number of carbonyl (C=O) groups is 3. The highest BCUT2D eigenvalue weighted by atomic mass is 16.6. The molecule has 66 heavy (non-hydrogen) atoms. The van der Waals surface area contributed by atoms with Crippen LogP contribution in [-0.2, 0) is 28.6 Å². The Hall–Kier alpha value is -1.85. The highest BCUT2D eigenvalue weighted by Gasteiger charge is 2.19. The van der Waals surface area contributed by atoms with E-state index in [-0.39, 0.29) is 31.1 Å². The molecule has 6 nitrogen and oxygen atoms in total. The second-order valence-electron chi connectivity index (χ2n) is 20.3. The standard InChI is InChI=1S/C60H114O6/c1-4-7-10-13-16-19-22-24-26-28-30-32-33-35-38-41-44-47-50-53-59(62)65-56-57(55-64-58(61)52-49-46-43-40-37-21-18-15-12-9-6-3)66-60(63)54-51-48-45-42-39-36-34-31-29-27-25-23-20-17-14-11-8-5-2/h15,18,57H,4-14,16-17,19-56H2,1-3H3/b18-15-. The van der Waals surface area contributed by atoms with Gasteiger partial charge in [0.25, 0.3) is 0 Å². The number of hydrogen-bond acceptors (Lipinski definition) is 6. The Labute approximate surface area is 411 Å². The van der Waals surface area contributed by atoms with E-state index in [2.05, 4.69) is 32.9 Å². The number of ether oxygens (including phenoxy) is 3. The van der Waals surface area contributed by atoms with Gasteiger partial charge in [0.05, 0.1) is 0 Å². The molecule has 0 fully saturated rings. The SMILES string of the molecule is CCCC/C=C\CCCCCCCC(=O)OCC(COC(=O)CCCCCCCCCCCCCCCCCCCCC)OC(=O)CCCCCCCCCCCCCCCCCCCC. The van der Waals surface area contributed by atoms with Crippen molar-refractivity contribution >= 4 is 17.9 Å². The molecule has 1 unspecified atom stereocenters. The van der Waals surface area contributed by atoms with E-state index in [9.17, 15) is 14.4 Å². The molecule has 0 saturated carbocycles. The summed E-state index contributed by atoms with van der Waals surface area (Å²) < 4.78 is 16.9. The van der Waals surface area contributed by atoms with Crippen LogP contribution < -0.4 is 0 Å². The first-order valence-electron chi connectivity index (χ1n) is 29.7. The Morgan fingerprint density at radius 3 is 0.803 bits per heavy atom. The maximum absolute atomic E-state index is 12.9. The molecule has 0 spiro atoms. The summed E-state index contributed by atoms with van der Waals surface area (Å²) >= 11 is 0. The summed E-state index contributed by atoms with van der Waals surface area (Å²) in [5.74, 6) is -0.851. The van der Waals surface area contributed by atoms with Crippen molar-refractivity contribution in [3.8, 4) is 0 Å². The summed E-state index contributed by atoms with van der Waals surface area (Å²) in [6, 6.07) is 0. The Morgan fingerprint density at radius 2 is 0.515 bits per heavy atom. The molecule has 0 aromatic carbocycles. The minimum Gasteiger partial charge on any atom is -0.462 e. The van der Waals surface area contributed by atoms with Crippen LogP contribution in [-0.4, -0.2) is 37.2 Å². The van der Waals surface area contributed by atoms with Crippen LogP contribution >= 0.6 is 0 Å². The van der Waals surface area contributed by atoms with E-state index in [0.717, 1.165) is 64.2 Å². The molecule has 0 aliphatic rings. The van der Waals surface area contributed by atoms with Gasteiger partial charge in [0.2, 0.25) is 0 Å². The third-order valence-corrected chi connectivity index (χ3v) is 13.5. The number of carbonyl (C=O) groups excluding carboxylic acids is 3. The summed E-state index contributed by atoms with van der Waals surface area (Å²) in [5.41, 5.74) is 0. The summed E-state index contributed by atoms with van der Waals surface area (Å²) in [5, 5.41) is 0. The number of unbranched alkanes of at least 4 members (excludes halogenated alkanes) is 42. The van der Waals surface area contributed by atoms with Crippen LogP contribution in [0.2, 0.25) is 0 Å². The molecular weight excluding hydrogens is 817 g/mol. The molecule has 1 atom stereocenters. The van der Waals surface area contributed by atoms with Gasteiger partial charge in [0, 0.05) is 19.3 Å². The lowest BCUT2D eigenvalue weighted by molar-refractivity contribution is -0.167. The molecule has 0 rings (SSSR count). The first-order chi connectivity index (χ1) is 32.5. The summed E-state index contributed by atoms with van der Waals surface area (Å²) in [7, 11) is 0. The first kappa shape index (κ1) is 64.2. The Bertz CT molecular complexity index is 1020. The molecule has 0 aromatic rings. The fourth-order valence-electron chi connectivity index (χ4n) is 9.02. The first-order valence-corrected chi connectivity index (χ1v) is 29.7. The zero-order valence-electron chi connectivity index (χ0n) is 44.7. The van der Waals surface area contributed by atoms with Crippen molar-refractivity contribution in [3.63, 3.8) is 0 Å². The summed E-state index contributed by atoms with van der Waals surface area (Å²) in [6.45, 7) is 6.66. The van der Waals surface area contributed by atoms with Gasteiger partial charge in [-0.25, -0.2) is 0 Å². The van der Waals surface area contributed by atoms with E-state index in [1.807, 2.05) is 0 Å². The zero-order valence-corrected chi connectivity index (χ0v) is 44.7. The fraction of sp³-hybridized carbons (Fsp3) is 0.917. The maximum atomic E-state index is 12.9. The van der Waals surface area contributed by atoms with Crippen molar-refractivity contribution < 1.29 is 28.6 Å². The smallest absolute Gasteiger partial charge is 0.306 e. The topological polar surface area (TPSA) is 78.9 Å². The highest BCUT2D eigenvalue weighted by Crippen LogP contribution is 2.18. The molecule has 0 aromatic heterocycles. The van der Waals surface area contributed by atoms with Crippen molar-refractivity contribution in [2.24, 2.45) is 0 Å². The molecule has 6 heteroatoms. The average molecular weight is 932 g/mol. The Kier molecular flexibility index (Phi) is 54.2. The number of allylic oxidation sites excluding steroid dienone is 2. The van der Waals surface area contributed by atoms with Crippen molar-refractivity contribution in [3.05, 3.63) is 12.2 Å². The molecule has 0 aliphatic heterocycles. The molecule has 0 radical (unpaired) electrons. The van der Waals surface area contributed by atoms with E-state index >= 15 is 0 Å². The van der Waals surface area contributed by atoms with Crippen molar-refractivity contribution in [1.29, 1.82) is 0 Å². The largest absolute Gasteiger partial charge is 0.462 e. The predicted molar refractivity (Wildman–Crippen MR) is 284 cm³/mol. The third kappa shape index (κ3) is 53.1. The van der Waals surface area contributed by atoms with E-state index < -0.39 is 6.10 Å². The highest BCUT2D eigenvalue weighted by molar-refractivity contribution is 5.71. The normalized spacial score (nSPS) is 12.0. The lowest BCUT2D eigenvalue weighted by atomic mass is 10.0. The van der Waals surface area contributed by atoms with Gasteiger partial charge in [-0.2, -0.15) is 0 Å². The van der Waals surface area contributed by atoms with Gasteiger partial charge in [-0.1, -0.05) is 290 Å². The molecule has 0 heterocycles. The number of rotatable bonds is 55. The van der Waals surface area contributed by atoms with E-state index in [0.29, 0.717) is 19.3 Å². The second kappa shape index (κ2) is 55.7. The number of hydrogen-bond donors (Lipinski definition) is 0. The summed E-state index contributed by atoms with van der Waals surface area (Å²) in [6.07, 6.45) is 63.5. The van der Waals surface area contributed by atoms with Crippen molar-refractivity contribution in [1.82, 2.24) is 0 Å². The molecule has 0 N–H and O–H groups in total. The Morgan fingerprint density at radius 1 is 0.288 bits per heavy atom. The van der Waals surface area contributed by atoms with Crippen LogP contribution in [0.25, 0.3) is 0 Å². The number of esters is 3. The van der Waals surface area contributed by atoms with Gasteiger partial charge >= 0.3 is 17.9 Å². The van der Waals surface area contributed by atoms with Crippen molar-refractivity contribution in [2.75, 3.05) is 13.2 Å². The molecule has 0 aliphatic carbocycles. The summed E-state index contributed by atoms with van der Waals surface area (Å²) in [4.78, 5) is 38.1. The molecule has 0 bridgehead atoms. The van der Waals surface area contributed by atoms with Crippen LogP contribution in [0.15, 0.2) is 12.2 Å². The monoisotopic (exact) mass is 931 g/mol. The van der Waals surface area contributed by atoms with Gasteiger partial charge in [0.15, 0.2) is 6.10 Å². The average Bonchev–Trinajstić information content (AvgIpc) is 3.31. The van der Waals surface area contributed by atoms with Gasteiger partial charge in [-0.3, -0.25) is 14.4 Å². The lowest BCUT2D eigenvalue weighted by Gasteiger charge is -2.18. The van der Waals surface area contributed by atoms with Gasteiger partial charge in [-0.15, -0.1) is 0 Å². The van der Waals surface area contributed by atoms with Crippen molar-refractivity contribution in [2.45, 2.75) is 341 Å². The third-order valence-electron chi connectivity index (χ3n) is 13.5. The lowest BCUT2D eigenvalue weighted by Crippen LogP contribution is -2.30. The molecular formula is C60H114O6. The van der Waals surface area contributed by atoms with Crippen LogP contribution in [0.4, 0.5) is 0 Å². The Balaban J connectivity index is 4.25. The van der Waals surface area contributed by atoms with E-state index in [1.165, 1.54) is 231 Å². The zero-order chi connectivity index (χ0) is 47.9.